The lowest BCUT2D eigenvalue weighted by Gasteiger charge is -2.04. The van der Waals surface area contributed by atoms with Crippen molar-refractivity contribution in [2.45, 2.75) is 13.8 Å². The van der Waals surface area contributed by atoms with Crippen molar-refractivity contribution in [1.29, 1.82) is 0 Å². The van der Waals surface area contributed by atoms with Crippen LogP contribution in [0.25, 0.3) is 5.69 Å². The maximum Gasteiger partial charge on any atom is 0.271 e. The molecule has 0 spiro atoms. The summed E-state index contributed by atoms with van der Waals surface area (Å²) in [7, 11) is 0. The summed E-state index contributed by atoms with van der Waals surface area (Å²) in [5.41, 5.74) is 6.74. The van der Waals surface area contributed by atoms with Crippen LogP contribution in [0.4, 0.5) is 0 Å². The van der Waals surface area contributed by atoms with E-state index in [9.17, 15) is 4.79 Å². The molecule has 0 aliphatic carbocycles. The molecule has 2 aromatic carbocycles. The van der Waals surface area contributed by atoms with Crippen molar-refractivity contribution in [3.05, 3.63) is 71.5 Å². The number of aromatic nitrogens is 4. The van der Waals surface area contributed by atoms with Crippen molar-refractivity contribution in [3.63, 3.8) is 0 Å². The normalized spacial score (nSPS) is 11.3. The zero-order valence-corrected chi connectivity index (χ0v) is 13.3. The molecule has 0 aliphatic heterocycles. The van der Waals surface area contributed by atoms with Gasteiger partial charge in [0, 0.05) is 5.56 Å². The van der Waals surface area contributed by atoms with Crippen LogP contribution in [0.15, 0.2) is 60.0 Å². The van der Waals surface area contributed by atoms with Gasteiger partial charge in [-0.15, -0.1) is 5.10 Å². The molecule has 0 saturated carbocycles. The molecule has 1 aromatic heterocycles. The minimum Gasteiger partial charge on any atom is -0.267 e. The summed E-state index contributed by atoms with van der Waals surface area (Å²) in [5.74, 6) is -0.273. The summed E-state index contributed by atoms with van der Waals surface area (Å²) in [4.78, 5) is 12.2. The van der Waals surface area contributed by atoms with Crippen LogP contribution in [-0.4, -0.2) is 31.8 Å². The summed E-state index contributed by atoms with van der Waals surface area (Å²) in [5, 5.41) is 15.1. The second-order valence-corrected chi connectivity index (χ2v) is 5.31. The van der Waals surface area contributed by atoms with Crippen LogP contribution in [0.2, 0.25) is 0 Å². The number of hydrogen-bond donors (Lipinski definition) is 1. The number of rotatable bonds is 4. The molecule has 0 atom stereocenters. The number of nitrogens with one attached hydrogen (secondary N) is 1. The van der Waals surface area contributed by atoms with Crippen LogP contribution in [0.5, 0.6) is 0 Å². The third-order valence-corrected chi connectivity index (χ3v) is 3.54. The highest BCUT2D eigenvalue weighted by Crippen LogP contribution is 2.08. The Hall–Kier alpha value is -3.35. The van der Waals surface area contributed by atoms with E-state index in [0.29, 0.717) is 5.56 Å². The van der Waals surface area contributed by atoms with Crippen molar-refractivity contribution in [2.75, 3.05) is 0 Å². The quantitative estimate of drug-likeness (QED) is 0.589. The lowest BCUT2D eigenvalue weighted by molar-refractivity contribution is 0.0955. The predicted octanol–water partition coefficient (Wildman–Crippen LogP) is 2.12. The maximum absolute atomic E-state index is 12.2. The maximum atomic E-state index is 12.2. The number of hydrogen-bond acceptors (Lipinski definition) is 5. The molecule has 7 heteroatoms. The number of aryl methyl sites for hydroxylation is 1. The summed E-state index contributed by atoms with van der Waals surface area (Å²) >= 11 is 0. The number of benzene rings is 2. The molecule has 1 heterocycles. The molecule has 0 saturated heterocycles. The van der Waals surface area contributed by atoms with Gasteiger partial charge < -0.3 is 0 Å². The van der Waals surface area contributed by atoms with E-state index in [1.807, 2.05) is 38.1 Å². The van der Waals surface area contributed by atoms with E-state index in [4.69, 9.17) is 0 Å². The fourth-order valence-electron chi connectivity index (χ4n) is 2.10. The Labute approximate surface area is 139 Å². The Morgan fingerprint density at radius 1 is 1.04 bits per heavy atom. The molecular weight excluding hydrogens is 304 g/mol. The lowest BCUT2D eigenvalue weighted by Crippen LogP contribution is -2.19. The molecule has 1 amide bonds. The van der Waals surface area contributed by atoms with Crippen LogP contribution in [0.1, 0.15) is 28.4 Å². The molecule has 0 fully saturated rings. The van der Waals surface area contributed by atoms with Crippen LogP contribution in [0.3, 0.4) is 0 Å². The fraction of sp³-hybridized carbons (Fsp3) is 0.118. The van der Waals surface area contributed by atoms with Gasteiger partial charge in [-0.2, -0.15) is 5.10 Å². The first-order valence-corrected chi connectivity index (χ1v) is 7.38. The van der Waals surface area contributed by atoms with Gasteiger partial charge in [0.15, 0.2) is 0 Å². The average Bonchev–Trinajstić information content (AvgIpc) is 3.15. The minimum absolute atomic E-state index is 0.273. The van der Waals surface area contributed by atoms with Crippen LogP contribution in [-0.2, 0) is 0 Å². The van der Waals surface area contributed by atoms with Crippen LogP contribution in [0, 0.1) is 6.92 Å². The van der Waals surface area contributed by atoms with Gasteiger partial charge in [0.1, 0.15) is 6.33 Å². The Morgan fingerprint density at radius 3 is 2.33 bits per heavy atom. The van der Waals surface area contributed by atoms with Gasteiger partial charge in [0.2, 0.25) is 0 Å². The third-order valence-electron chi connectivity index (χ3n) is 3.54. The second-order valence-electron chi connectivity index (χ2n) is 5.31. The van der Waals surface area contributed by atoms with E-state index in [1.165, 1.54) is 16.6 Å². The van der Waals surface area contributed by atoms with Gasteiger partial charge in [-0.25, -0.2) is 10.1 Å². The summed E-state index contributed by atoms with van der Waals surface area (Å²) in [6.45, 7) is 3.88. The molecule has 0 radical (unpaired) electrons. The molecule has 3 aromatic rings. The van der Waals surface area contributed by atoms with Gasteiger partial charge in [0.05, 0.1) is 11.4 Å². The third kappa shape index (κ3) is 3.52. The van der Waals surface area contributed by atoms with Gasteiger partial charge in [-0.05, 0) is 54.1 Å². The number of carbonyl (C=O) groups excluding carboxylic acids is 1. The highest BCUT2D eigenvalue weighted by molar-refractivity contribution is 6.00. The number of hydrazone groups is 1. The molecular formula is C17H16N6O. The number of amides is 1. The van der Waals surface area contributed by atoms with Gasteiger partial charge in [-0.1, -0.05) is 29.8 Å². The van der Waals surface area contributed by atoms with Crippen molar-refractivity contribution < 1.29 is 4.79 Å². The average molecular weight is 320 g/mol. The SMILES string of the molecule is C/C(=N\NC(=O)c1ccc(-n2cnnn2)cc1)c1ccc(C)cc1. The Bertz CT molecular complexity index is 851. The summed E-state index contributed by atoms with van der Waals surface area (Å²) in [6.07, 6.45) is 1.49. The first-order valence-electron chi connectivity index (χ1n) is 7.38. The minimum atomic E-state index is -0.273. The Balaban J connectivity index is 1.68. The van der Waals surface area contributed by atoms with Crippen LogP contribution < -0.4 is 5.43 Å². The molecule has 3 rings (SSSR count). The molecule has 120 valence electrons. The van der Waals surface area contributed by atoms with Crippen molar-refractivity contribution >= 4 is 11.6 Å². The Morgan fingerprint density at radius 2 is 1.71 bits per heavy atom. The van der Waals surface area contributed by atoms with Gasteiger partial charge in [-0.3, -0.25) is 4.79 Å². The van der Waals surface area contributed by atoms with E-state index in [0.717, 1.165) is 17.0 Å². The zero-order valence-electron chi connectivity index (χ0n) is 13.3. The first-order chi connectivity index (χ1) is 11.6. The fourth-order valence-corrected chi connectivity index (χ4v) is 2.10. The van der Waals surface area contributed by atoms with Crippen LogP contribution >= 0.6 is 0 Å². The number of carbonyl (C=O) groups is 1. The van der Waals surface area contributed by atoms with Gasteiger partial charge in [0.25, 0.3) is 5.91 Å². The molecule has 0 aliphatic rings. The topological polar surface area (TPSA) is 85.1 Å². The monoisotopic (exact) mass is 320 g/mol. The smallest absolute Gasteiger partial charge is 0.267 e. The second kappa shape index (κ2) is 6.82. The standard InChI is InChI=1S/C17H16N6O/c1-12-3-5-14(6-4-12)13(2)19-20-17(24)15-7-9-16(10-8-15)23-11-18-21-22-23/h3-11H,1-2H3,(H,20,24)/b19-13+. The van der Waals surface area contributed by atoms with E-state index in [1.54, 1.807) is 24.3 Å². The van der Waals surface area contributed by atoms with Crippen molar-refractivity contribution in [3.8, 4) is 5.69 Å². The van der Waals surface area contributed by atoms with E-state index in [-0.39, 0.29) is 5.91 Å². The number of tetrazole rings is 1. The zero-order chi connectivity index (χ0) is 16.9. The van der Waals surface area contributed by atoms with E-state index >= 15 is 0 Å². The largest absolute Gasteiger partial charge is 0.271 e. The molecule has 7 nitrogen and oxygen atoms in total. The molecule has 0 unspecified atom stereocenters. The summed E-state index contributed by atoms with van der Waals surface area (Å²) in [6, 6.07) is 14.9. The van der Waals surface area contributed by atoms with Gasteiger partial charge >= 0.3 is 0 Å². The highest BCUT2D eigenvalue weighted by atomic mass is 16.2. The lowest BCUT2D eigenvalue weighted by atomic mass is 10.1. The molecule has 0 bridgehead atoms. The van der Waals surface area contributed by atoms with E-state index in [2.05, 4.69) is 26.1 Å². The first kappa shape index (κ1) is 15.5. The number of nitrogens with zero attached hydrogens (tertiary/aromatic N) is 5. The molecule has 24 heavy (non-hydrogen) atoms. The summed E-state index contributed by atoms with van der Waals surface area (Å²) < 4.78 is 1.52. The van der Waals surface area contributed by atoms with Crippen molar-refractivity contribution in [2.24, 2.45) is 5.10 Å². The predicted molar refractivity (Wildman–Crippen MR) is 90.0 cm³/mol. The highest BCUT2D eigenvalue weighted by Gasteiger charge is 2.06. The van der Waals surface area contributed by atoms with E-state index < -0.39 is 0 Å². The van der Waals surface area contributed by atoms with Crippen molar-refractivity contribution in [1.82, 2.24) is 25.6 Å². The Kier molecular flexibility index (Phi) is 4.42. The molecule has 1 N–H and O–H groups in total.